The van der Waals surface area contributed by atoms with E-state index in [0.29, 0.717) is 25.1 Å². The molecule has 1 aromatic rings. The molecule has 3 aliphatic rings. The summed E-state index contributed by atoms with van der Waals surface area (Å²) in [5.41, 5.74) is -2.00. The van der Waals surface area contributed by atoms with E-state index in [1.165, 1.54) is 0 Å². The van der Waals surface area contributed by atoms with Crippen molar-refractivity contribution in [3.8, 4) is 0 Å². The quantitative estimate of drug-likeness (QED) is 0.392. The molecule has 1 aromatic carbocycles. The van der Waals surface area contributed by atoms with Gasteiger partial charge in [0.05, 0.1) is 30.1 Å². The number of aliphatic hydroxyl groups excluding tert-OH is 1. The third kappa shape index (κ3) is 4.80. The molecule has 3 unspecified atom stereocenters. The van der Waals surface area contributed by atoms with Crippen LogP contribution in [0.1, 0.15) is 61.3 Å². The average molecular weight is 580 g/mol. The summed E-state index contributed by atoms with van der Waals surface area (Å²) in [7, 11) is 0. The Kier molecular flexibility index (Phi) is 8.83. The van der Waals surface area contributed by atoms with Gasteiger partial charge < -0.3 is 24.5 Å². The van der Waals surface area contributed by atoms with E-state index in [9.17, 15) is 19.5 Å². The van der Waals surface area contributed by atoms with Gasteiger partial charge in [0.25, 0.3) is 0 Å². The number of nitrogens with zero attached hydrogens (tertiary/aromatic N) is 3. The first-order valence-electron chi connectivity index (χ1n) is 15.3. The fourth-order valence-electron chi connectivity index (χ4n) is 7.70. The van der Waals surface area contributed by atoms with E-state index in [0.717, 1.165) is 0 Å². The average Bonchev–Trinajstić information content (AvgIpc) is 3.46. The number of anilines is 1. The van der Waals surface area contributed by atoms with E-state index in [2.05, 4.69) is 13.2 Å². The van der Waals surface area contributed by atoms with Crippen LogP contribution in [-0.4, -0.2) is 81.1 Å². The summed E-state index contributed by atoms with van der Waals surface area (Å²) < 4.78 is 6.97. The summed E-state index contributed by atoms with van der Waals surface area (Å²) in [5.74, 6) is -2.59. The Hall–Kier alpha value is -2.97. The standard InChI is InChI=1S/C34H49N3O5/c1-10-18-35(24-16-14-13-15-17-24)29(39)26-27-30(40)37(25(21-38)22(4)12-3)28(31(41)36(19-11-2)32(6,7)8)34(27)20-23(5)33(26,9)42-34/h10-11,13-17,22-23,25-28,38H,1-2,12,18-21H2,3-9H3/t22-,23?,25-,26+,27-,28?,33-,34?/m0/s1. The second-order valence-electron chi connectivity index (χ2n) is 13.6. The van der Waals surface area contributed by atoms with Crippen molar-refractivity contribution in [3.63, 3.8) is 0 Å². The van der Waals surface area contributed by atoms with Gasteiger partial charge >= 0.3 is 0 Å². The summed E-state index contributed by atoms with van der Waals surface area (Å²) in [6, 6.07) is 7.80. The molecule has 230 valence electrons. The Balaban J connectivity index is 1.92. The molecule has 0 aliphatic carbocycles. The number of para-hydroxylation sites is 1. The van der Waals surface area contributed by atoms with Gasteiger partial charge in [-0.05, 0) is 58.1 Å². The van der Waals surface area contributed by atoms with Crippen molar-refractivity contribution in [3.05, 3.63) is 55.6 Å². The highest BCUT2D eigenvalue weighted by atomic mass is 16.5. The molecule has 0 saturated carbocycles. The molecule has 2 bridgehead atoms. The summed E-state index contributed by atoms with van der Waals surface area (Å²) >= 11 is 0. The van der Waals surface area contributed by atoms with E-state index in [-0.39, 0.29) is 42.7 Å². The number of benzene rings is 1. The Morgan fingerprint density at radius 3 is 2.31 bits per heavy atom. The topological polar surface area (TPSA) is 90.4 Å². The summed E-state index contributed by atoms with van der Waals surface area (Å²) in [6.07, 6.45) is 4.54. The number of fused-ring (bicyclic) bond motifs is 1. The van der Waals surface area contributed by atoms with Gasteiger partial charge in [0, 0.05) is 24.3 Å². The van der Waals surface area contributed by atoms with Crippen LogP contribution in [0.15, 0.2) is 55.6 Å². The van der Waals surface area contributed by atoms with Crippen molar-refractivity contribution < 1.29 is 24.2 Å². The zero-order chi connectivity index (χ0) is 31.2. The molecule has 0 aromatic heterocycles. The smallest absolute Gasteiger partial charge is 0.249 e. The van der Waals surface area contributed by atoms with Crippen LogP contribution in [0.2, 0.25) is 0 Å². The van der Waals surface area contributed by atoms with Crippen LogP contribution in [0.5, 0.6) is 0 Å². The van der Waals surface area contributed by atoms with Crippen molar-refractivity contribution in [2.45, 2.75) is 90.1 Å². The maximum atomic E-state index is 14.8. The molecule has 1 spiro atoms. The molecule has 3 heterocycles. The lowest BCUT2D eigenvalue weighted by molar-refractivity contribution is -0.159. The van der Waals surface area contributed by atoms with E-state index in [1.54, 1.807) is 26.9 Å². The molecule has 4 rings (SSSR count). The third-order valence-electron chi connectivity index (χ3n) is 10.1. The second-order valence-corrected chi connectivity index (χ2v) is 13.6. The number of aliphatic hydroxyl groups is 1. The molecule has 8 heteroatoms. The number of ether oxygens (including phenoxy) is 1. The minimum Gasteiger partial charge on any atom is -0.394 e. The molecule has 3 amide bonds. The van der Waals surface area contributed by atoms with Crippen molar-refractivity contribution >= 4 is 23.4 Å². The highest BCUT2D eigenvalue weighted by Crippen LogP contribution is 2.66. The zero-order valence-electron chi connectivity index (χ0n) is 26.4. The first kappa shape index (κ1) is 32.0. The lowest BCUT2D eigenvalue weighted by atomic mass is 9.62. The van der Waals surface area contributed by atoms with E-state index >= 15 is 0 Å². The van der Waals surface area contributed by atoms with E-state index in [4.69, 9.17) is 4.74 Å². The fourth-order valence-corrected chi connectivity index (χ4v) is 7.70. The second kappa shape index (κ2) is 11.6. The Bertz CT molecular complexity index is 1210. The first-order valence-corrected chi connectivity index (χ1v) is 15.3. The number of rotatable bonds is 11. The zero-order valence-corrected chi connectivity index (χ0v) is 26.4. The number of hydrogen-bond acceptors (Lipinski definition) is 5. The lowest BCUT2D eigenvalue weighted by Crippen LogP contribution is -2.62. The minimum atomic E-state index is -1.20. The normalized spacial score (nSPS) is 31.4. The van der Waals surface area contributed by atoms with Gasteiger partial charge in [-0.2, -0.15) is 0 Å². The van der Waals surface area contributed by atoms with E-state index < -0.39 is 40.7 Å². The monoisotopic (exact) mass is 579 g/mol. The third-order valence-corrected chi connectivity index (χ3v) is 10.1. The molecular weight excluding hydrogens is 530 g/mol. The predicted molar refractivity (Wildman–Crippen MR) is 165 cm³/mol. The highest BCUT2D eigenvalue weighted by molar-refractivity contribution is 6.03. The molecular formula is C34H49N3O5. The molecule has 3 aliphatic heterocycles. The van der Waals surface area contributed by atoms with Gasteiger partial charge in [-0.25, -0.2) is 0 Å². The van der Waals surface area contributed by atoms with Crippen molar-refractivity contribution in [1.82, 2.24) is 9.80 Å². The van der Waals surface area contributed by atoms with Crippen molar-refractivity contribution in [2.24, 2.45) is 23.7 Å². The Morgan fingerprint density at radius 1 is 1.17 bits per heavy atom. The summed E-state index contributed by atoms with van der Waals surface area (Å²) in [6.45, 7) is 21.9. The number of likely N-dealkylation sites (tertiary alicyclic amines) is 1. The Morgan fingerprint density at radius 2 is 1.79 bits per heavy atom. The van der Waals surface area contributed by atoms with Crippen LogP contribution in [-0.2, 0) is 19.1 Å². The van der Waals surface area contributed by atoms with Crippen LogP contribution >= 0.6 is 0 Å². The van der Waals surface area contributed by atoms with Crippen LogP contribution in [0, 0.1) is 23.7 Å². The molecule has 8 nitrogen and oxygen atoms in total. The minimum absolute atomic E-state index is 0.0760. The van der Waals surface area contributed by atoms with E-state index in [1.807, 2.05) is 78.8 Å². The van der Waals surface area contributed by atoms with Crippen LogP contribution in [0.3, 0.4) is 0 Å². The maximum Gasteiger partial charge on any atom is 0.249 e. The maximum absolute atomic E-state index is 14.8. The lowest BCUT2D eigenvalue weighted by Gasteiger charge is -2.44. The number of amides is 3. The van der Waals surface area contributed by atoms with Crippen LogP contribution < -0.4 is 4.90 Å². The summed E-state index contributed by atoms with van der Waals surface area (Å²) in [5, 5.41) is 10.7. The molecule has 42 heavy (non-hydrogen) atoms. The summed E-state index contributed by atoms with van der Waals surface area (Å²) in [4.78, 5) is 49.2. The largest absolute Gasteiger partial charge is 0.394 e. The van der Waals surface area contributed by atoms with Gasteiger partial charge in [-0.15, -0.1) is 13.2 Å². The molecule has 3 saturated heterocycles. The van der Waals surface area contributed by atoms with Crippen molar-refractivity contribution in [1.29, 1.82) is 0 Å². The number of carbonyl (C=O) groups is 3. The van der Waals surface area contributed by atoms with Crippen molar-refractivity contribution in [2.75, 3.05) is 24.6 Å². The van der Waals surface area contributed by atoms with Gasteiger partial charge in [0.1, 0.15) is 11.6 Å². The van der Waals surface area contributed by atoms with Gasteiger partial charge in [0.15, 0.2) is 0 Å². The van der Waals surface area contributed by atoms with Crippen LogP contribution in [0.4, 0.5) is 5.69 Å². The number of carbonyl (C=O) groups excluding carboxylic acids is 3. The Labute approximate surface area is 251 Å². The highest BCUT2D eigenvalue weighted by Gasteiger charge is 2.80. The molecule has 3 fully saturated rings. The van der Waals surface area contributed by atoms with Gasteiger partial charge in [0.2, 0.25) is 17.7 Å². The molecule has 1 N–H and O–H groups in total. The first-order chi connectivity index (χ1) is 19.7. The van der Waals surface area contributed by atoms with Gasteiger partial charge in [-0.3, -0.25) is 14.4 Å². The SMILES string of the molecule is C=CCN(C(=O)[C@H]1[C@H]2C(=O)N([C@@H](CO)[C@@H](C)CC)C(C(=O)N(CC=C)C(C)(C)C)C23CC(C)[C@]1(C)O3)c1ccccc1. The van der Waals surface area contributed by atoms with Crippen LogP contribution in [0.25, 0.3) is 0 Å². The van der Waals surface area contributed by atoms with Gasteiger partial charge in [-0.1, -0.05) is 57.5 Å². The number of hydrogen-bond donors (Lipinski definition) is 1. The molecule has 8 atom stereocenters. The fraction of sp³-hybridized carbons (Fsp3) is 0.618. The predicted octanol–water partition coefficient (Wildman–Crippen LogP) is 4.44. The molecule has 0 radical (unpaired) electrons.